The highest BCUT2D eigenvalue weighted by atomic mass is 127. The lowest BCUT2D eigenvalue weighted by atomic mass is 10.1. The molecule has 0 fully saturated rings. The zero-order valence-electron chi connectivity index (χ0n) is 13.6. The fourth-order valence-electron chi connectivity index (χ4n) is 2.18. The van der Waals surface area contributed by atoms with Gasteiger partial charge in [-0.05, 0) is 32.0 Å². The first-order valence-electron chi connectivity index (χ1n) is 7.35. The molecule has 0 aliphatic carbocycles. The molecule has 0 amide bonds. The van der Waals surface area contributed by atoms with Crippen LogP contribution in [0.4, 0.5) is 4.39 Å². The highest BCUT2D eigenvalue weighted by Crippen LogP contribution is 2.25. The Bertz CT molecular complexity index is 658. The Hall–Kier alpha value is -1.35. The summed E-state index contributed by atoms with van der Waals surface area (Å²) in [6.45, 7) is 6.37. The number of halogens is 2. The lowest BCUT2D eigenvalue weighted by Gasteiger charge is -2.11. The summed E-state index contributed by atoms with van der Waals surface area (Å²) in [6, 6.07) is 4.54. The quantitative estimate of drug-likeness (QED) is 0.317. The Kier molecular flexibility index (Phi) is 8.32. The molecule has 0 saturated heterocycles. The Morgan fingerprint density at radius 1 is 1.35 bits per heavy atom. The molecular formula is C16H23FIN3O2. The summed E-state index contributed by atoms with van der Waals surface area (Å²) in [5, 5.41) is 7.13. The average molecular weight is 435 g/mol. The maximum atomic E-state index is 13.3. The molecule has 2 N–H and O–H groups in total. The van der Waals surface area contributed by atoms with Gasteiger partial charge >= 0.3 is 0 Å². The number of rotatable bonds is 6. The number of furan rings is 1. The van der Waals surface area contributed by atoms with Crippen LogP contribution in [-0.4, -0.2) is 32.8 Å². The predicted octanol–water partition coefficient (Wildman–Crippen LogP) is 3.20. The molecule has 0 radical (unpaired) electrons. The third-order valence-electron chi connectivity index (χ3n) is 3.38. The molecule has 1 aromatic heterocycles. The van der Waals surface area contributed by atoms with Crippen LogP contribution in [0.15, 0.2) is 27.6 Å². The van der Waals surface area contributed by atoms with Crippen molar-refractivity contribution in [1.29, 1.82) is 0 Å². The highest BCUT2D eigenvalue weighted by molar-refractivity contribution is 14.0. The van der Waals surface area contributed by atoms with Crippen molar-refractivity contribution < 1.29 is 13.5 Å². The van der Waals surface area contributed by atoms with Crippen molar-refractivity contribution in [3.63, 3.8) is 0 Å². The van der Waals surface area contributed by atoms with Crippen LogP contribution in [0.25, 0.3) is 11.0 Å². The number of aliphatic imine (C=N–C) groups is 1. The Morgan fingerprint density at radius 2 is 2.13 bits per heavy atom. The fraction of sp³-hybridized carbons (Fsp3) is 0.438. The van der Waals surface area contributed by atoms with Gasteiger partial charge < -0.3 is 19.8 Å². The van der Waals surface area contributed by atoms with E-state index in [1.54, 1.807) is 13.1 Å². The van der Waals surface area contributed by atoms with E-state index in [1.165, 1.54) is 12.1 Å². The second-order valence-corrected chi connectivity index (χ2v) is 4.84. The van der Waals surface area contributed by atoms with Gasteiger partial charge in [0.2, 0.25) is 0 Å². The monoisotopic (exact) mass is 435 g/mol. The van der Waals surface area contributed by atoms with Crippen LogP contribution in [0, 0.1) is 12.7 Å². The lowest BCUT2D eigenvalue weighted by molar-refractivity contribution is 0.152. The van der Waals surface area contributed by atoms with E-state index in [0.717, 1.165) is 16.7 Å². The second kappa shape index (κ2) is 9.71. The predicted molar refractivity (Wildman–Crippen MR) is 101 cm³/mol. The molecule has 1 aromatic carbocycles. The van der Waals surface area contributed by atoms with Crippen molar-refractivity contribution in [2.24, 2.45) is 4.99 Å². The van der Waals surface area contributed by atoms with Gasteiger partial charge in [0, 0.05) is 31.1 Å². The first kappa shape index (κ1) is 19.7. The van der Waals surface area contributed by atoms with Crippen molar-refractivity contribution in [3.05, 3.63) is 35.3 Å². The molecule has 0 aliphatic heterocycles. The van der Waals surface area contributed by atoms with Gasteiger partial charge in [0.1, 0.15) is 17.2 Å². The molecular weight excluding hydrogens is 412 g/mol. The van der Waals surface area contributed by atoms with E-state index in [-0.39, 0.29) is 29.8 Å². The molecule has 0 atom stereocenters. The van der Waals surface area contributed by atoms with Crippen molar-refractivity contribution in [1.82, 2.24) is 10.6 Å². The van der Waals surface area contributed by atoms with Gasteiger partial charge in [-0.3, -0.25) is 4.99 Å². The summed E-state index contributed by atoms with van der Waals surface area (Å²) in [7, 11) is 1.71. The molecule has 2 aromatic rings. The maximum absolute atomic E-state index is 13.3. The van der Waals surface area contributed by atoms with E-state index in [0.29, 0.717) is 37.8 Å². The number of guanidine groups is 1. The van der Waals surface area contributed by atoms with Gasteiger partial charge in [-0.25, -0.2) is 4.39 Å². The Morgan fingerprint density at radius 3 is 2.83 bits per heavy atom. The van der Waals surface area contributed by atoms with E-state index in [9.17, 15) is 4.39 Å². The molecule has 0 saturated carbocycles. The molecule has 23 heavy (non-hydrogen) atoms. The zero-order valence-corrected chi connectivity index (χ0v) is 15.9. The molecule has 0 bridgehead atoms. The molecule has 2 rings (SSSR count). The molecule has 5 nitrogen and oxygen atoms in total. The lowest BCUT2D eigenvalue weighted by Crippen LogP contribution is -2.38. The molecule has 0 unspecified atom stereocenters. The standard InChI is InChI=1S/C16H22FN3O2.HI/c1-4-21-8-7-19-16(18-3)20-10-15-11(2)13-9-12(17)5-6-14(13)22-15;/h5-6,9H,4,7-8,10H2,1-3H3,(H2,18,19,20);1H. The second-order valence-electron chi connectivity index (χ2n) is 4.84. The summed E-state index contributed by atoms with van der Waals surface area (Å²) in [5.41, 5.74) is 1.63. The Labute approximate surface area is 152 Å². The number of benzene rings is 1. The van der Waals surface area contributed by atoms with Crippen LogP contribution in [-0.2, 0) is 11.3 Å². The normalized spacial score (nSPS) is 11.4. The molecule has 0 spiro atoms. The average Bonchev–Trinajstić information content (AvgIpc) is 2.83. The molecule has 128 valence electrons. The minimum Gasteiger partial charge on any atom is -0.459 e. The minimum atomic E-state index is -0.260. The number of nitrogens with zero attached hydrogens (tertiary/aromatic N) is 1. The summed E-state index contributed by atoms with van der Waals surface area (Å²) in [6.07, 6.45) is 0. The number of fused-ring (bicyclic) bond motifs is 1. The maximum Gasteiger partial charge on any atom is 0.191 e. The van der Waals surface area contributed by atoms with E-state index < -0.39 is 0 Å². The van der Waals surface area contributed by atoms with Gasteiger partial charge in [0.15, 0.2) is 5.96 Å². The first-order valence-corrected chi connectivity index (χ1v) is 7.35. The summed E-state index contributed by atoms with van der Waals surface area (Å²) in [5.74, 6) is 1.18. The summed E-state index contributed by atoms with van der Waals surface area (Å²) >= 11 is 0. The van der Waals surface area contributed by atoms with Gasteiger partial charge in [0.05, 0.1) is 13.2 Å². The van der Waals surface area contributed by atoms with Gasteiger partial charge in [-0.2, -0.15) is 0 Å². The van der Waals surface area contributed by atoms with Gasteiger partial charge in [0.25, 0.3) is 0 Å². The number of aryl methyl sites for hydroxylation is 1. The van der Waals surface area contributed by atoms with E-state index in [4.69, 9.17) is 9.15 Å². The highest BCUT2D eigenvalue weighted by Gasteiger charge is 2.11. The van der Waals surface area contributed by atoms with Gasteiger partial charge in [-0.1, -0.05) is 0 Å². The van der Waals surface area contributed by atoms with Gasteiger partial charge in [-0.15, -0.1) is 24.0 Å². The SMILES string of the molecule is CCOCCNC(=NC)NCc1oc2ccc(F)cc2c1C.I. The summed E-state index contributed by atoms with van der Waals surface area (Å²) < 4.78 is 24.3. The van der Waals surface area contributed by atoms with Crippen molar-refractivity contribution in [3.8, 4) is 0 Å². The number of ether oxygens (including phenoxy) is 1. The van der Waals surface area contributed by atoms with E-state index in [1.807, 2.05) is 13.8 Å². The van der Waals surface area contributed by atoms with Crippen molar-refractivity contribution in [2.45, 2.75) is 20.4 Å². The fourth-order valence-corrected chi connectivity index (χ4v) is 2.18. The topological polar surface area (TPSA) is 58.8 Å². The number of nitrogens with one attached hydrogen (secondary N) is 2. The smallest absolute Gasteiger partial charge is 0.191 e. The zero-order chi connectivity index (χ0) is 15.9. The van der Waals surface area contributed by atoms with Crippen LogP contribution >= 0.6 is 24.0 Å². The third-order valence-corrected chi connectivity index (χ3v) is 3.38. The number of hydrogen-bond donors (Lipinski definition) is 2. The van der Waals surface area contributed by atoms with Crippen molar-refractivity contribution in [2.75, 3.05) is 26.8 Å². The van der Waals surface area contributed by atoms with E-state index >= 15 is 0 Å². The van der Waals surface area contributed by atoms with Crippen LogP contribution < -0.4 is 10.6 Å². The number of hydrogen-bond acceptors (Lipinski definition) is 3. The van der Waals surface area contributed by atoms with Crippen LogP contribution in [0.5, 0.6) is 0 Å². The summed E-state index contributed by atoms with van der Waals surface area (Å²) in [4.78, 5) is 4.14. The third kappa shape index (κ3) is 5.35. The van der Waals surface area contributed by atoms with Crippen LogP contribution in [0.1, 0.15) is 18.2 Å². The molecule has 0 aliphatic rings. The van der Waals surface area contributed by atoms with Crippen LogP contribution in [0.2, 0.25) is 0 Å². The molecule has 7 heteroatoms. The minimum absolute atomic E-state index is 0. The molecule has 1 heterocycles. The Balaban J connectivity index is 0.00000264. The first-order chi connectivity index (χ1) is 10.7. The van der Waals surface area contributed by atoms with Crippen LogP contribution in [0.3, 0.4) is 0 Å². The largest absolute Gasteiger partial charge is 0.459 e. The van der Waals surface area contributed by atoms with Crippen molar-refractivity contribution >= 4 is 40.9 Å². The van der Waals surface area contributed by atoms with E-state index in [2.05, 4.69) is 15.6 Å².